The summed E-state index contributed by atoms with van der Waals surface area (Å²) in [5, 5.41) is 10.7. The lowest BCUT2D eigenvalue weighted by Crippen LogP contribution is -1.95. The highest BCUT2D eigenvalue weighted by Crippen LogP contribution is 2.25. The van der Waals surface area contributed by atoms with Crippen molar-refractivity contribution in [1.29, 1.82) is 0 Å². The average molecular weight is 201 g/mol. The molecule has 0 aliphatic rings. The van der Waals surface area contributed by atoms with Crippen molar-refractivity contribution in [3.63, 3.8) is 0 Å². The summed E-state index contributed by atoms with van der Waals surface area (Å²) in [6.07, 6.45) is 1.06. The summed E-state index contributed by atoms with van der Waals surface area (Å²) in [7, 11) is 0. The van der Waals surface area contributed by atoms with Crippen molar-refractivity contribution in [1.82, 2.24) is 4.98 Å². The van der Waals surface area contributed by atoms with Gasteiger partial charge in [0.25, 0.3) is 0 Å². The van der Waals surface area contributed by atoms with Gasteiger partial charge in [0.2, 0.25) is 0 Å². The van der Waals surface area contributed by atoms with E-state index in [1.54, 1.807) is 6.07 Å². The van der Waals surface area contributed by atoms with E-state index in [1.165, 1.54) is 0 Å². The molecular weight excluding hydrogens is 186 g/mol. The Morgan fingerprint density at radius 2 is 2.07 bits per heavy atom. The summed E-state index contributed by atoms with van der Waals surface area (Å²) in [4.78, 5) is 4.50. The second kappa shape index (κ2) is 3.89. The molecule has 2 rings (SSSR count). The van der Waals surface area contributed by atoms with E-state index in [-0.39, 0.29) is 5.75 Å². The van der Waals surface area contributed by atoms with Gasteiger partial charge in [0.1, 0.15) is 11.3 Å². The fourth-order valence-electron chi connectivity index (χ4n) is 1.63. The van der Waals surface area contributed by atoms with Crippen LogP contribution in [-0.2, 0) is 0 Å². The lowest BCUT2D eigenvalue weighted by Gasteiger charge is -2.09. The normalized spacial score (nSPS) is 12.9. The molecule has 0 radical (unpaired) electrons. The van der Waals surface area contributed by atoms with Gasteiger partial charge in [-0.2, -0.15) is 0 Å². The first kappa shape index (κ1) is 9.97. The second-order valence-corrected chi connectivity index (χ2v) is 3.89. The first-order chi connectivity index (χ1) is 7.22. The molecule has 1 N–H and O–H groups in total. The fraction of sp³-hybridized carbons (Fsp3) is 0.308. The highest BCUT2D eigenvalue weighted by atomic mass is 16.3. The number of hydrogen-bond donors (Lipinski definition) is 1. The minimum absolute atomic E-state index is 0.262. The van der Waals surface area contributed by atoms with Crippen LogP contribution in [0.3, 0.4) is 0 Å². The number of rotatable bonds is 2. The maximum Gasteiger partial charge on any atom is 0.141 e. The Hall–Kier alpha value is -1.57. The number of pyridine rings is 1. The molecule has 1 aromatic carbocycles. The summed E-state index contributed by atoms with van der Waals surface area (Å²) in [6, 6.07) is 9.53. The maximum atomic E-state index is 9.69. The zero-order chi connectivity index (χ0) is 10.8. The van der Waals surface area contributed by atoms with Crippen molar-refractivity contribution in [3.05, 3.63) is 36.0 Å². The molecule has 2 heteroatoms. The second-order valence-electron chi connectivity index (χ2n) is 3.89. The number of aromatic nitrogens is 1. The zero-order valence-corrected chi connectivity index (χ0v) is 9.07. The Morgan fingerprint density at radius 1 is 1.27 bits per heavy atom. The molecule has 0 fully saturated rings. The first-order valence-electron chi connectivity index (χ1n) is 5.31. The first-order valence-corrected chi connectivity index (χ1v) is 5.31. The van der Waals surface area contributed by atoms with Crippen LogP contribution < -0.4 is 0 Å². The van der Waals surface area contributed by atoms with E-state index in [1.807, 2.05) is 24.3 Å². The number of phenols is 1. The minimum Gasteiger partial charge on any atom is -0.506 e. The Morgan fingerprint density at radius 3 is 2.80 bits per heavy atom. The lowest BCUT2D eigenvalue weighted by atomic mass is 10.0. The Labute approximate surface area is 89.6 Å². The number of nitrogens with zero attached hydrogens (tertiary/aromatic N) is 1. The molecule has 0 saturated heterocycles. The molecule has 1 heterocycles. The standard InChI is InChI=1S/C13H15NO/c1-3-9(2)11-8-7-10-5-4-6-12(15)13(10)14-11/h4-9,15H,3H2,1-2H3. The predicted molar refractivity (Wildman–Crippen MR) is 62.1 cm³/mol. The predicted octanol–water partition coefficient (Wildman–Crippen LogP) is 3.45. The molecule has 2 nitrogen and oxygen atoms in total. The van der Waals surface area contributed by atoms with Crippen LogP contribution in [-0.4, -0.2) is 10.1 Å². The molecule has 0 saturated carbocycles. The summed E-state index contributed by atoms with van der Waals surface area (Å²) in [6.45, 7) is 4.29. The van der Waals surface area contributed by atoms with Gasteiger partial charge in [0.15, 0.2) is 0 Å². The third kappa shape index (κ3) is 1.80. The van der Waals surface area contributed by atoms with Gasteiger partial charge in [-0.1, -0.05) is 32.0 Å². The van der Waals surface area contributed by atoms with E-state index in [9.17, 15) is 5.11 Å². The molecule has 0 amide bonds. The molecule has 1 aromatic heterocycles. The van der Waals surface area contributed by atoms with Crippen LogP contribution in [0.5, 0.6) is 5.75 Å². The summed E-state index contributed by atoms with van der Waals surface area (Å²) in [5.41, 5.74) is 1.75. The summed E-state index contributed by atoms with van der Waals surface area (Å²) < 4.78 is 0. The molecule has 78 valence electrons. The van der Waals surface area contributed by atoms with Crippen LogP contribution in [0.1, 0.15) is 31.9 Å². The number of fused-ring (bicyclic) bond motifs is 1. The molecule has 1 atom stereocenters. The Balaban J connectivity index is 2.59. The van der Waals surface area contributed by atoms with Crippen molar-refractivity contribution in [3.8, 4) is 5.75 Å². The van der Waals surface area contributed by atoms with Crippen molar-refractivity contribution < 1.29 is 5.11 Å². The van der Waals surface area contributed by atoms with E-state index >= 15 is 0 Å². The maximum absolute atomic E-state index is 9.69. The van der Waals surface area contributed by atoms with Crippen LogP contribution in [0, 0.1) is 0 Å². The molecule has 0 aliphatic carbocycles. The number of para-hydroxylation sites is 1. The van der Waals surface area contributed by atoms with Gasteiger partial charge in [0.05, 0.1) is 0 Å². The van der Waals surface area contributed by atoms with Gasteiger partial charge in [-0.3, -0.25) is 0 Å². The van der Waals surface area contributed by atoms with E-state index in [0.29, 0.717) is 11.4 Å². The van der Waals surface area contributed by atoms with Crippen LogP contribution >= 0.6 is 0 Å². The topological polar surface area (TPSA) is 33.1 Å². The van der Waals surface area contributed by atoms with Gasteiger partial charge in [-0.05, 0) is 24.5 Å². The molecule has 0 aliphatic heterocycles. The third-order valence-corrected chi connectivity index (χ3v) is 2.84. The highest BCUT2D eigenvalue weighted by Gasteiger charge is 2.07. The van der Waals surface area contributed by atoms with E-state index in [0.717, 1.165) is 17.5 Å². The van der Waals surface area contributed by atoms with Gasteiger partial charge >= 0.3 is 0 Å². The molecule has 15 heavy (non-hydrogen) atoms. The zero-order valence-electron chi connectivity index (χ0n) is 9.07. The number of hydrogen-bond acceptors (Lipinski definition) is 2. The molecule has 0 spiro atoms. The fourth-order valence-corrected chi connectivity index (χ4v) is 1.63. The average Bonchev–Trinajstić information content (AvgIpc) is 2.28. The van der Waals surface area contributed by atoms with E-state index in [4.69, 9.17) is 0 Å². The number of benzene rings is 1. The van der Waals surface area contributed by atoms with E-state index in [2.05, 4.69) is 18.8 Å². The van der Waals surface area contributed by atoms with Crippen molar-refractivity contribution >= 4 is 10.9 Å². The van der Waals surface area contributed by atoms with Crippen LogP contribution in [0.2, 0.25) is 0 Å². The summed E-state index contributed by atoms with van der Waals surface area (Å²) in [5.74, 6) is 0.701. The van der Waals surface area contributed by atoms with Gasteiger partial charge in [-0.25, -0.2) is 4.98 Å². The lowest BCUT2D eigenvalue weighted by molar-refractivity contribution is 0.480. The van der Waals surface area contributed by atoms with Crippen molar-refractivity contribution in [2.24, 2.45) is 0 Å². The van der Waals surface area contributed by atoms with Crippen molar-refractivity contribution in [2.45, 2.75) is 26.2 Å². The Bertz CT molecular complexity index is 479. The smallest absolute Gasteiger partial charge is 0.141 e. The van der Waals surface area contributed by atoms with Gasteiger partial charge < -0.3 is 5.11 Å². The molecule has 2 aromatic rings. The van der Waals surface area contributed by atoms with Crippen LogP contribution in [0.4, 0.5) is 0 Å². The minimum atomic E-state index is 0.262. The summed E-state index contributed by atoms with van der Waals surface area (Å²) >= 11 is 0. The van der Waals surface area contributed by atoms with E-state index < -0.39 is 0 Å². The van der Waals surface area contributed by atoms with Gasteiger partial charge in [-0.15, -0.1) is 0 Å². The quantitative estimate of drug-likeness (QED) is 0.807. The third-order valence-electron chi connectivity index (χ3n) is 2.84. The van der Waals surface area contributed by atoms with Crippen molar-refractivity contribution in [2.75, 3.05) is 0 Å². The number of aromatic hydroxyl groups is 1. The molecule has 0 bridgehead atoms. The monoisotopic (exact) mass is 201 g/mol. The van der Waals surface area contributed by atoms with Crippen LogP contribution in [0.25, 0.3) is 10.9 Å². The highest BCUT2D eigenvalue weighted by molar-refractivity contribution is 5.84. The molecule has 1 unspecified atom stereocenters. The Kier molecular flexibility index (Phi) is 2.58. The SMILES string of the molecule is CCC(C)c1ccc2cccc(O)c2n1. The molecular formula is C13H15NO. The van der Waals surface area contributed by atoms with Gasteiger partial charge in [0, 0.05) is 11.1 Å². The number of phenolic OH excluding ortho intramolecular Hbond substituents is 1. The largest absolute Gasteiger partial charge is 0.506 e. The van der Waals surface area contributed by atoms with Crippen LogP contribution in [0.15, 0.2) is 30.3 Å².